The molecule has 4 heteroatoms. The predicted molar refractivity (Wildman–Crippen MR) is 49.1 cm³/mol. The molecule has 0 saturated heterocycles. The Morgan fingerprint density at radius 1 is 1.77 bits per heavy atom. The molecule has 2 unspecified atom stereocenters. The van der Waals surface area contributed by atoms with Gasteiger partial charge in [0, 0.05) is 11.3 Å². The lowest BCUT2D eigenvalue weighted by molar-refractivity contribution is 0.158. The summed E-state index contributed by atoms with van der Waals surface area (Å²) < 4.78 is 0. The van der Waals surface area contributed by atoms with Crippen LogP contribution in [-0.2, 0) is 12.0 Å². The number of nitrogens with zero attached hydrogens (tertiary/aromatic N) is 1. The van der Waals surface area contributed by atoms with Crippen LogP contribution in [0.3, 0.4) is 0 Å². The summed E-state index contributed by atoms with van der Waals surface area (Å²) in [6, 6.07) is 0. The minimum absolute atomic E-state index is 0.0124. The van der Waals surface area contributed by atoms with Crippen LogP contribution in [0.25, 0.3) is 0 Å². The smallest absolute Gasteiger partial charge is 0.0710 e. The van der Waals surface area contributed by atoms with Gasteiger partial charge in [-0.2, -0.15) is 5.10 Å². The lowest BCUT2D eigenvalue weighted by Gasteiger charge is -2.27. The molecule has 0 amide bonds. The van der Waals surface area contributed by atoms with Gasteiger partial charge in [0.05, 0.1) is 17.8 Å². The van der Waals surface area contributed by atoms with E-state index in [1.807, 2.05) is 6.92 Å². The fourth-order valence-electron chi connectivity index (χ4n) is 2.20. The molecule has 0 spiro atoms. The number of aliphatic hydroxyl groups is 1. The highest BCUT2D eigenvalue weighted by Crippen LogP contribution is 2.39. The van der Waals surface area contributed by atoms with E-state index in [4.69, 9.17) is 5.73 Å². The van der Waals surface area contributed by atoms with Gasteiger partial charge < -0.3 is 10.8 Å². The topological polar surface area (TPSA) is 74.9 Å². The van der Waals surface area contributed by atoms with E-state index in [0.717, 1.165) is 23.4 Å². The van der Waals surface area contributed by atoms with Crippen LogP contribution >= 0.6 is 0 Å². The highest BCUT2D eigenvalue weighted by molar-refractivity contribution is 5.38. The summed E-state index contributed by atoms with van der Waals surface area (Å²) in [5.41, 5.74) is 8.57. The molecule has 0 saturated carbocycles. The molecular formula is C9H15N3O. The normalized spacial score (nSPS) is 32.2. The van der Waals surface area contributed by atoms with Gasteiger partial charge in [-0.25, -0.2) is 0 Å². The van der Waals surface area contributed by atoms with Gasteiger partial charge in [-0.1, -0.05) is 6.92 Å². The molecule has 1 aliphatic carbocycles. The molecule has 1 aromatic heterocycles. The van der Waals surface area contributed by atoms with E-state index in [9.17, 15) is 5.11 Å². The zero-order chi connectivity index (χ0) is 9.64. The Morgan fingerprint density at radius 2 is 2.46 bits per heavy atom. The van der Waals surface area contributed by atoms with Crippen molar-refractivity contribution in [1.82, 2.24) is 10.2 Å². The summed E-state index contributed by atoms with van der Waals surface area (Å²) >= 11 is 0. The van der Waals surface area contributed by atoms with Crippen LogP contribution in [0.5, 0.6) is 0 Å². The Kier molecular flexibility index (Phi) is 1.72. The monoisotopic (exact) mass is 181 g/mol. The molecule has 0 aromatic carbocycles. The number of aliphatic hydroxyl groups excluding tert-OH is 1. The second kappa shape index (κ2) is 2.56. The third-order valence-electron chi connectivity index (χ3n) is 3.13. The second-order valence-corrected chi connectivity index (χ2v) is 3.97. The van der Waals surface area contributed by atoms with Crippen molar-refractivity contribution >= 4 is 0 Å². The number of fused-ring (bicyclic) bond motifs is 1. The number of hydrogen-bond acceptors (Lipinski definition) is 3. The van der Waals surface area contributed by atoms with E-state index in [2.05, 4.69) is 17.1 Å². The van der Waals surface area contributed by atoms with Crippen molar-refractivity contribution in [3.8, 4) is 0 Å². The predicted octanol–water partition coefficient (Wildman–Crippen LogP) is 0.0566. The van der Waals surface area contributed by atoms with Gasteiger partial charge in [-0.15, -0.1) is 0 Å². The van der Waals surface area contributed by atoms with Gasteiger partial charge >= 0.3 is 0 Å². The van der Waals surface area contributed by atoms with Crippen LogP contribution in [0.4, 0.5) is 0 Å². The third kappa shape index (κ3) is 0.957. The fourth-order valence-corrected chi connectivity index (χ4v) is 2.20. The maximum absolute atomic E-state index is 9.32. The first-order valence-electron chi connectivity index (χ1n) is 4.53. The summed E-state index contributed by atoms with van der Waals surface area (Å²) in [6.45, 7) is 3.99. The number of H-pyrrole nitrogens is 1. The fraction of sp³-hybridized carbons (Fsp3) is 0.667. The number of nitrogens with one attached hydrogen (secondary N) is 1. The van der Waals surface area contributed by atoms with Crippen molar-refractivity contribution in [3.63, 3.8) is 0 Å². The molecule has 0 radical (unpaired) electrons. The standard InChI is InChI=1S/C9H15N3O/c1-5-3-7-8(6(2)11-12-7)9(5,10)4-13/h5,13H,3-4,10H2,1-2H3,(H,11,12). The highest BCUT2D eigenvalue weighted by atomic mass is 16.3. The average molecular weight is 181 g/mol. The van der Waals surface area contributed by atoms with E-state index >= 15 is 0 Å². The van der Waals surface area contributed by atoms with Crippen LogP contribution in [0.15, 0.2) is 0 Å². The van der Waals surface area contributed by atoms with E-state index in [-0.39, 0.29) is 12.5 Å². The molecule has 0 bridgehead atoms. The summed E-state index contributed by atoms with van der Waals surface area (Å²) in [5.74, 6) is 0.267. The first-order valence-corrected chi connectivity index (χ1v) is 4.53. The molecule has 2 atom stereocenters. The van der Waals surface area contributed by atoms with Gasteiger partial charge in [0.2, 0.25) is 0 Å². The van der Waals surface area contributed by atoms with Crippen LogP contribution in [0.2, 0.25) is 0 Å². The molecule has 0 aliphatic heterocycles. The Balaban J connectivity index is 2.55. The lowest BCUT2D eigenvalue weighted by atomic mass is 9.86. The summed E-state index contributed by atoms with van der Waals surface area (Å²) in [6.07, 6.45) is 0.858. The number of aromatic amines is 1. The van der Waals surface area contributed by atoms with Crippen LogP contribution in [0.1, 0.15) is 23.9 Å². The molecule has 4 nitrogen and oxygen atoms in total. The molecule has 1 aliphatic rings. The minimum Gasteiger partial charge on any atom is -0.394 e. The molecule has 13 heavy (non-hydrogen) atoms. The summed E-state index contributed by atoms with van der Waals surface area (Å²) in [4.78, 5) is 0. The van der Waals surface area contributed by atoms with Crippen molar-refractivity contribution in [3.05, 3.63) is 17.0 Å². The lowest BCUT2D eigenvalue weighted by Crippen LogP contribution is -2.44. The number of nitrogens with two attached hydrogens (primary N) is 1. The SMILES string of the molecule is Cc1[nH]nc2c1C(N)(CO)C(C)C2. The van der Waals surface area contributed by atoms with E-state index in [1.165, 1.54) is 0 Å². The van der Waals surface area contributed by atoms with E-state index in [1.54, 1.807) is 0 Å². The number of hydrogen-bond donors (Lipinski definition) is 3. The summed E-state index contributed by atoms with van der Waals surface area (Å²) in [7, 11) is 0. The second-order valence-electron chi connectivity index (χ2n) is 3.97. The molecule has 1 aromatic rings. The molecule has 2 rings (SSSR count). The molecular weight excluding hydrogens is 166 g/mol. The molecule has 1 heterocycles. The van der Waals surface area contributed by atoms with Crippen molar-refractivity contribution < 1.29 is 5.11 Å². The van der Waals surface area contributed by atoms with Crippen LogP contribution in [-0.4, -0.2) is 21.9 Å². The third-order valence-corrected chi connectivity index (χ3v) is 3.13. The number of rotatable bonds is 1. The van der Waals surface area contributed by atoms with Crippen LogP contribution in [0, 0.1) is 12.8 Å². The average Bonchev–Trinajstić information content (AvgIpc) is 2.56. The van der Waals surface area contributed by atoms with Gasteiger partial charge in [0.1, 0.15) is 0 Å². The zero-order valence-electron chi connectivity index (χ0n) is 7.96. The largest absolute Gasteiger partial charge is 0.394 e. The molecule has 0 fully saturated rings. The van der Waals surface area contributed by atoms with Crippen LogP contribution < -0.4 is 5.73 Å². The van der Waals surface area contributed by atoms with Crippen molar-refractivity contribution in [1.29, 1.82) is 0 Å². The Hall–Kier alpha value is -0.870. The zero-order valence-corrected chi connectivity index (χ0v) is 7.96. The maximum atomic E-state index is 9.32. The first kappa shape index (κ1) is 8.72. The molecule has 72 valence electrons. The summed E-state index contributed by atoms with van der Waals surface area (Å²) in [5, 5.41) is 16.4. The Morgan fingerprint density at radius 3 is 3.08 bits per heavy atom. The number of aryl methyl sites for hydroxylation is 1. The van der Waals surface area contributed by atoms with Crippen molar-refractivity contribution in [2.45, 2.75) is 25.8 Å². The minimum atomic E-state index is -0.591. The van der Waals surface area contributed by atoms with Crippen molar-refractivity contribution in [2.24, 2.45) is 11.7 Å². The van der Waals surface area contributed by atoms with Gasteiger partial charge in [0.15, 0.2) is 0 Å². The van der Waals surface area contributed by atoms with E-state index < -0.39 is 5.54 Å². The van der Waals surface area contributed by atoms with Crippen molar-refractivity contribution in [2.75, 3.05) is 6.61 Å². The highest BCUT2D eigenvalue weighted by Gasteiger charge is 2.43. The van der Waals surface area contributed by atoms with Gasteiger partial charge in [-0.05, 0) is 19.3 Å². The maximum Gasteiger partial charge on any atom is 0.0710 e. The van der Waals surface area contributed by atoms with Gasteiger partial charge in [-0.3, -0.25) is 5.10 Å². The van der Waals surface area contributed by atoms with Gasteiger partial charge in [0.25, 0.3) is 0 Å². The Bertz CT molecular complexity index is 334. The Labute approximate surface area is 77.1 Å². The number of aromatic nitrogens is 2. The molecule has 4 N–H and O–H groups in total. The quantitative estimate of drug-likeness (QED) is 0.573. The first-order chi connectivity index (χ1) is 6.09. The van der Waals surface area contributed by atoms with E-state index in [0.29, 0.717) is 0 Å².